The van der Waals surface area contributed by atoms with Crippen LogP contribution in [0.4, 0.5) is 0 Å². The van der Waals surface area contributed by atoms with Crippen LogP contribution in [0.25, 0.3) is 0 Å². The zero-order valence-corrected chi connectivity index (χ0v) is 30.3. The highest BCUT2D eigenvalue weighted by molar-refractivity contribution is 6.48. The molecule has 11 atom stereocenters. The summed E-state index contributed by atoms with van der Waals surface area (Å²) in [6.45, 7) is 21.3. The maximum atomic E-state index is 13.8. The number of aliphatic hydroxyl groups is 1. The molecule has 46 heavy (non-hydrogen) atoms. The quantitative estimate of drug-likeness (QED) is 0.200. The van der Waals surface area contributed by atoms with Gasteiger partial charge in [-0.2, -0.15) is 0 Å². The standard InChI is InChI=1S/C34H61BN4O7/c1-13-19(5)27(37-32(44)29(20(6)14-2)39(12)22(8)41)30(42)38-28(21(7)40)31(43)36-26(15-18(3)4)35-45-25-17-23-16-24(33(23,9)10)34(25,11)46-35/h18-21,23-29,40H,13-17H2,1-12H3,(H,36,43)(H,37,44)(H,38,42)/t19-,20-,21+,23-,24-,25?,26-,27-,28-,29-,34-/m0/s1. The fourth-order valence-electron chi connectivity index (χ4n) is 7.91. The molecule has 0 spiro atoms. The van der Waals surface area contributed by atoms with Crippen molar-refractivity contribution in [2.24, 2.45) is 35.0 Å². The van der Waals surface area contributed by atoms with E-state index in [1.54, 1.807) is 7.05 Å². The van der Waals surface area contributed by atoms with Crippen molar-refractivity contribution < 1.29 is 33.6 Å². The molecule has 3 saturated carbocycles. The van der Waals surface area contributed by atoms with Gasteiger partial charge in [-0.25, -0.2) is 0 Å². The smallest absolute Gasteiger partial charge is 0.404 e. The van der Waals surface area contributed by atoms with Crippen LogP contribution in [0.15, 0.2) is 0 Å². The normalized spacial score (nSPS) is 29.3. The van der Waals surface area contributed by atoms with E-state index < -0.39 is 60.6 Å². The lowest BCUT2D eigenvalue weighted by atomic mass is 9.43. The molecule has 0 radical (unpaired) electrons. The Hall–Kier alpha value is -2.18. The van der Waals surface area contributed by atoms with E-state index in [9.17, 15) is 24.3 Å². The van der Waals surface area contributed by atoms with Crippen molar-refractivity contribution in [1.82, 2.24) is 20.9 Å². The fraction of sp³-hybridized carbons (Fsp3) is 0.882. The summed E-state index contributed by atoms with van der Waals surface area (Å²) < 4.78 is 13.2. The summed E-state index contributed by atoms with van der Waals surface area (Å²) in [6.07, 6.45) is 2.60. The van der Waals surface area contributed by atoms with Crippen molar-refractivity contribution >= 4 is 30.7 Å². The number of hydrogen-bond donors (Lipinski definition) is 4. The molecule has 1 heterocycles. The molecule has 1 unspecified atom stereocenters. The molecule has 262 valence electrons. The molecule has 0 aromatic rings. The van der Waals surface area contributed by atoms with Gasteiger partial charge in [0, 0.05) is 14.0 Å². The van der Waals surface area contributed by atoms with Gasteiger partial charge in [-0.1, -0.05) is 68.2 Å². The molecule has 4 N–H and O–H groups in total. The average molecular weight is 649 g/mol. The predicted octanol–water partition coefficient (Wildman–Crippen LogP) is 3.07. The predicted molar refractivity (Wildman–Crippen MR) is 178 cm³/mol. The minimum Gasteiger partial charge on any atom is -0.404 e. The Labute approximate surface area is 277 Å². The molecule has 12 heteroatoms. The Bertz CT molecular complexity index is 1120. The Kier molecular flexibility index (Phi) is 12.4. The molecular weight excluding hydrogens is 587 g/mol. The monoisotopic (exact) mass is 648 g/mol. The van der Waals surface area contributed by atoms with E-state index in [1.807, 2.05) is 27.7 Å². The van der Waals surface area contributed by atoms with Crippen LogP contribution >= 0.6 is 0 Å². The minimum absolute atomic E-state index is 0.0469. The van der Waals surface area contributed by atoms with Gasteiger partial charge in [-0.15, -0.1) is 0 Å². The Balaban J connectivity index is 1.77. The van der Waals surface area contributed by atoms with Gasteiger partial charge in [0.25, 0.3) is 0 Å². The van der Waals surface area contributed by atoms with E-state index in [1.165, 1.54) is 18.7 Å². The third-order valence-electron chi connectivity index (χ3n) is 11.6. The highest BCUT2D eigenvalue weighted by Crippen LogP contribution is 2.65. The first-order valence-electron chi connectivity index (χ1n) is 17.5. The van der Waals surface area contributed by atoms with E-state index in [4.69, 9.17) is 9.31 Å². The van der Waals surface area contributed by atoms with E-state index >= 15 is 0 Å². The number of nitrogens with one attached hydrogen (secondary N) is 3. The van der Waals surface area contributed by atoms with Crippen LogP contribution in [-0.2, 0) is 28.5 Å². The maximum absolute atomic E-state index is 13.8. The van der Waals surface area contributed by atoms with Crippen LogP contribution in [0.2, 0.25) is 0 Å². The molecule has 1 aliphatic heterocycles. The second kappa shape index (κ2) is 14.9. The number of carbonyl (C=O) groups is 4. The third kappa shape index (κ3) is 7.75. The van der Waals surface area contributed by atoms with Crippen LogP contribution in [0, 0.1) is 35.0 Å². The summed E-state index contributed by atoms with van der Waals surface area (Å²) in [4.78, 5) is 54.7. The molecule has 0 aromatic carbocycles. The van der Waals surface area contributed by atoms with Gasteiger partial charge in [0.2, 0.25) is 23.6 Å². The SMILES string of the molecule is CC[C@H](C)[C@H](NC(=O)[C@H]([C@@H](C)CC)N(C)C(C)=O)C(=O)N[C@H](C(=O)N[C@@H](CC(C)C)B1OC2C[C@@H]3C[C@@H](C3(C)C)[C@]2(C)O1)[C@@H](C)O. The van der Waals surface area contributed by atoms with Crippen LogP contribution in [0.1, 0.15) is 108 Å². The first-order chi connectivity index (χ1) is 21.3. The molecule has 0 aromatic heterocycles. The van der Waals surface area contributed by atoms with Crippen LogP contribution < -0.4 is 16.0 Å². The van der Waals surface area contributed by atoms with Crippen LogP contribution in [0.3, 0.4) is 0 Å². The third-order valence-corrected chi connectivity index (χ3v) is 11.6. The number of likely N-dealkylation sites (N-methyl/N-ethyl adjacent to an activating group) is 1. The van der Waals surface area contributed by atoms with Crippen molar-refractivity contribution in [3.8, 4) is 0 Å². The van der Waals surface area contributed by atoms with Gasteiger partial charge in [0.05, 0.1) is 23.8 Å². The molecule has 4 fully saturated rings. The van der Waals surface area contributed by atoms with E-state index in [-0.39, 0.29) is 35.2 Å². The first kappa shape index (κ1) is 38.3. The van der Waals surface area contributed by atoms with Crippen molar-refractivity contribution in [2.75, 3.05) is 7.05 Å². The Morgan fingerprint density at radius 3 is 1.96 bits per heavy atom. The molecule has 2 bridgehead atoms. The van der Waals surface area contributed by atoms with Gasteiger partial charge in [-0.3, -0.25) is 19.2 Å². The van der Waals surface area contributed by atoms with Crippen LogP contribution in [-0.4, -0.2) is 89.7 Å². The Morgan fingerprint density at radius 2 is 1.46 bits per heavy atom. The lowest BCUT2D eigenvalue weighted by Crippen LogP contribution is -2.65. The van der Waals surface area contributed by atoms with Crippen molar-refractivity contribution in [3.05, 3.63) is 0 Å². The molecule has 11 nitrogen and oxygen atoms in total. The lowest BCUT2D eigenvalue weighted by molar-refractivity contribution is -0.199. The summed E-state index contributed by atoms with van der Waals surface area (Å²) in [5.41, 5.74) is -0.258. The number of nitrogens with zero attached hydrogens (tertiary/aromatic N) is 1. The number of rotatable bonds is 15. The highest BCUT2D eigenvalue weighted by atomic mass is 16.7. The van der Waals surface area contributed by atoms with Crippen molar-refractivity contribution in [3.63, 3.8) is 0 Å². The number of hydrogen-bond acceptors (Lipinski definition) is 7. The van der Waals surface area contributed by atoms with E-state index in [0.29, 0.717) is 31.1 Å². The van der Waals surface area contributed by atoms with Gasteiger partial charge in [0.1, 0.15) is 18.1 Å². The second-order valence-electron chi connectivity index (χ2n) is 15.6. The molecule has 3 aliphatic carbocycles. The number of amides is 4. The summed E-state index contributed by atoms with van der Waals surface area (Å²) >= 11 is 0. The van der Waals surface area contributed by atoms with Gasteiger partial charge >= 0.3 is 7.12 Å². The zero-order chi connectivity index (χ0) is 34.9. The molecule has 4 rings (SSSR count). The largest absolute Gasteiger partial charge is 0.481 e. The first-order valence-corrected chi connectivity index (χ1v) is 17.5. The second-order valence-corrected chi connectivity index (χ2v) is 15.6. The summed E-state index contributed by atoms with van der Waals surface area (Å²) in [7, 11) is 0.930. The Morgan fingerprint density at radius 1 is 0.891 bits per heavy atom. The summed E-state index contributed by atoms with van der Waals surface area (Å²) in [5, 5.41) is 19.4. The molecular formula is C34H61BN4O7. The number of aliphatic hydroxyl groups excluding tert-OH is 1. The minimum atomic E-state index is -1.28. The fourth-order valence-corrected chi connectivity index (χ4v) is 7.91. The van der Waals surface area contributed by atoms with Crippen molar-refractivity contribution in [1.29, 1.82) is 0 Å². The molecule has 4 amide bonds. The summed E-state index contributed by atoms with van der Waals surface area (Å²) in [5.74, 6) is -1.55. The maximum Gasteiger partial charge on any atom is 0.481 e. The van der Waals surface area contributed by atoms with E-state index in [2.05, 4.69) is 50.6 Å². The number of carbonyl (C=O) groups excluding carboxylic acids is 4. The van der Waals surface area contributed by atoms with Gasteiger partial charge in [0.15, 0.2) is 0 Å². The average Bonchev–Trinajstić information content (AvgIpc) is 3.34. The zero-order valence-electron chi connectivity index (χ0n) is 30.3. The van der Waals surface area contributed by atoms with Gasteiger partial charge < -0.3 is 35.3 Å². The molecule has 1 saturated heterocycles. The van der Waals surface area contributed by atoms with Crippen molar-refractivity contribution in [2.45, 2.75) is 150 Å². The van der Waals surface area contributed by atoms with E-state index in [0.717, 1.165) is 12.8 Å². The summed E-state index contributed by atoms with van der Waals surface area (Å²) in [6, 6.07) is -3.02. The topological polar surface area (TPSA) is 146 Å². The highest BCUT2D eigenvalue weighted by Gasteiger charge is 2.68. The molecule has 4 aliphatic rings. The van der Waals surface area contributed by atoms with Crippen LogP contribution in [0.5, 0.6) is 0 Å². The lowest BCUT2D eigenvalue weighted by Gasteiger charge is -2.64. The van der Waals surface area contributed by atoms with Gasteiger partial charge in [-0.05, 0) is 68.1 Å².